The van der Waals surface area contributed by atoms with Gasteiger partial charge in [-0.05, 0) is 37.5 Å². The molecule has 0 saturated carbocycles. The number of nitrogens with zero attached hydrogens (tertiary/aromatic N) is 1. The molecule has 1 amide bonds. The molecule has 4 heteroatoms. The van der Waals surface area contributed by atoms with E-state index in [-0.39, 0.29) is 11.3 Å². The van der Waals surface area contributed by atoms with Gasteiger partial charge < -0.3 is 10.1 Å². The maximum absolute atomic E-state index is 12.3. The van der Waals surface area contributed by atoms with Crippen LogP contribution >= 0.6 is 0 Å². The quantitative estimate of drug-likeness (QED) is 0.945. The molecule has 1 aliphatic rings. The summed E-state index contributed by atoms with van der Waals surface area (Å²) in [5.41, 5.74) is 3.12. The second kappa shape index (κ2) is 6.92. The second-order valence-corrected chi connectivity index (χ2v) is 6.18. The zero-order valence-corrected chi connectivity index (χ0v) is 13.4. The maximum atomic E-state index is 12.3. The largest absolute Gasteiger partial charge is 0.381 e. The predicted molar refractivity (Wildman–Crippen MR) is 89.5 cm³/mol. The van der Waals surface area contributed by atoms with Gasteiger partial charge in [-0.15, -0.1) is 0 Å². The van der Waals surface area contributed by atoms with Gasteiger partial charge in [0.2, 0.25) is 0 Å². The highest BCUT2D eigenvalue weighted by molar-refractivity contribution is 5.94. The van der Waals surface area contributed by atoms with Gasteiger partial charge in [-0.3, -0.25) is 9.78 Å². The summed E-state index contributed by atoms with van der Waals surface area (Å²) in [6.07, 6.45) is 5.12. The molecule has 0 atom stereocenters. The van der Waals surface area contributed by atoms with E-state index in [1.165, 1.54) is 11.1 Å². The van der Waals surface area contributed by atoms with Crippen LogP contribution in [-0.2, 0) is 10.2 Å². The second-order valence-electron chi connectivity index (χ2n) is 6.18. The zero-order valence-electron chi connectivity index (χ0n) is 13.4. The Balaban J connectivity index is 1.77. The molecule has 0 aliphatic carbocycles. The van der Waals surface area contributed by atoms with E-state index >= 15 is 0 Å². The highest BCUT2D eigenvalue weighted by atomic mass is 16.5. The third-order valence-electron chi connectivity index (χ3n) is 4.64. The van der Waals surface area contributed by atoms with E-state index in [1.807, 2.05) is 0 Å². The summed E-state index contributed by atoms with van der Waals surface area (Å²) in [4.78, 5) is 16.3. The van der Waals surface area contributed by atoms with Gasteiger partial charge in [-0.2, -0.15) is 0 Å². The lowest BCUT2D eigenvalue weighted by Gasteiger charge is -2.38. The lowest BCUT2D eigenvalue weighted by atomic mass is 9.74. The molecule has 0 radical (unpaired) electrons. The summed E-state index contributed by atoms with van der Waals surface area (Å²) in [6.45, 7) is 4.18. The lowest BCUT2D eigenvalue weighted by Crippen LogP contribution is -2.44. The fourth-order valence-electron chi connectivity index (χ4n) is 3.09. The number of aryl methyl sites for hydroxylation is 1. The maximum Gasteiger partial charge on any atom is 0.251 e. The summed E-state index contributed by atoms with van der Waals surface area (Å²) in [5.74, 6) is -0.0506. The fourth-order valence-corrected chi connectivity index (χ4v) is 3.09. The lowest BCUT2D eigenvalue weighted by molar-refractivity contribution is 0.0487. The Morgan fingerprint density at radius 2 is 1.78 bits per heavy atom. The van der Waals surface area contributed by atoms with Crippen LogP contribution in [0.4, 0.5) is 0 Å². The molecule has 1 saturated heterocycles. The number of pyridine rings is 1. The van der Waals surface area contributed by atoms with Crippen molar-refractivity contribution in [3.63, 3.8) is 0 Å². The number of hydrogen-bond acceptors (Lipinski definition) is 3. The van der Waals surface area contributed by atoms with Crippen LogP contribution in [0.1, 0.15) is 34.3 Å². The number of benzene rings is 1. The van der Waals surface area contributed by atoms with Crippen LogP contribution < -0.4 is 5.32 Å². The third-order valence-corrected chi connectivity index (χ3v) is 4.64. The zero-order chi connectivity index (χ0) is 16.1. The molecule has 1 aliphatic heterocycles. The van der Waals surface area contributed by atoms with Gasteiger partial charge in [0.25, 0.3) is 5.91 Å². The standard InChI is InChI=1S/C19H22N2O2/c1-15-2-4-17(5-3-15)19(8-12-23-13-9-19)14-21-18(22)16-6-10-20-11-7-16/h2-7,10-11H,8-9,12-14H2,1H3,(H,21,22). The Labute approximate surface area is 136 Å². The fraction of sp³-hybridized carbons (Fsp3) is 0.368. The minimum Gasteiger partial charge on any atom is -0.381 e. The SMILES string of the molecule is Cc1ccc(C2(CNC(=O)c3ccncc3)CCOCC2)cc1. The molecular weight excluding hydrogens is 288 g/mol. The number of hydrogen-bond donors (Lipinski definition) is 1. The van der Waals surface area contributed by atoms with Crippen molar-refractivity contribution in [2.75, 3.05) is 19.8 Å². The van der Waals surface area contributed by atoms with Crippen molar-refractivity contribution in [3.05, 3.63) is 65.5 Å². The Bertz CT molecular complexity index is 647. The number of amides is 1. The molecule has 3 rings (SSSR count). The number of ether oxygens (including phenoxy) is 1. The Morgan fingerprint density at radius 1 is 1.13 bits per heavy atom. The van der Waals surface area contributed by atoms with Crippen molar-refractivity contribution >= 4 is 5.91 Å². The smallest absolute Gasteiger partial charge is 0.251 e. The normalized spacial score (nSPS) is 16.7. The topological polar surface area (TPSA) is 51.2 Å². The van der Waals surface area contributed by atoms with E-state index < -0.39 is 0 Å². The molecule has 1 fully saturated rings. The molecule has 1 aromatic carbocycles. The van der Waals surface area contributed by atoms with Crippen LogP contribution in [0.3, 0.4) is 0 Å². The highest BCUT2D eigenvalue weighted by Gasteiger charge is 2.34. The molecule has 4 nitrogen and oxygen atoms in total. The van der Waals surface area contributed by atoms with E-state index in [0.29, 0.717) is 12.1 Å². The first-order valence-corrected chi connectivity index (χ1v) is 8.03. The van der Waals surface area contributed by atoms with Gasteiger partial charge in [0.05, 0.1) is 0 Å². The van der Waals surface area contributed by atoms with Crippen LogP contribution in [0.5, 0.6) is 0 Å². The van der Waals surface area contributed by atoms with Crippen LogP contribution in [0, 0.1) is 6.92 Å². The number of carbonyl (C=O) groups is 1. The Kier molecular flexibility index (Phi) is 4.72. The Morgan fingerprint density at radius 3 is 2.43 bits per heavy atom. The monoisotopic (exact) mass is 310 g/mol. The van der Waals surface area contributed by atoms with Gasteiger partial charge in [0.15, 0.2) is 0 Å². The van der Waals surface area contributed by atoms with Crippen LogP contribution in [0.15, 0.2) is 48.8 Å². The van der Waals surface area contributed by atoms with E-state index in [2.05, 4.69) is 41.5 Å². The summed E-state index contributed by atoms with van der Waals surface area (Å²) in [7, 11) is 0. The molecule has 2 heterocycles. The van der Waals surface area contributed by atoms with Crippen molar-refractivity contribution in [1.82, 2.24) is 10.3 Å². The molecule has 1 aromatic heterocycles. The number of rotatable bonds is 4. The average molecular weight is 310 g/mol. The van der Waals surface area contributed by atoms with Crippen LogP contribution in [0.25, 0.3) is 0 Å². The van der Waals surface area contributed by atoms with Crippen LogP contribution in [0.2, 0.25) is 0 Å². The molecule has 0 spiro atoms. The molecule has 0 unspecified atom stereocenters. The first-order valence-electron chi connectivity index (χ1n) is 8.03. The minimum absolute atomic E-state index is 0.0470. The third kappa shape index (κ3) is 3.59. The molecule has 23 heavy (non-hydrogen) atoms. The van der Waals surface area contributed by atoms with Gasteiger partial charge in [-0.25, -0.2) is 0 Å². The average Bonchev–Trinajstić information content (AvgIpc) is 2.62. The van der Waals surface area contributed by atoms with Gasteiger partial charge >= 0.3 is 0 Å². The van der Waals surface area contributed by atoms with E-state index in [4.69, 9.17) is 4.74 Å². The van der Waals surface area contributed by atoms with Gasteiger partial charge in [0, 0.05) is 43.1 Å². The molecule has 0 bridgehead atoms. The summed E-state index contributed by atoms with van der Waals surface area (Å²) in [5, 5.41) is 3.10. The van der Waals surface area contributed by atoms with Crippen LogP contribution in [-0.4, -0.2) is 30.6 Å². The predicted octanol–water partition coefficient (Wildman–Crippen LogP) is 2.87. The number of carbonyl (C=O) groups excluding carboxylic acids is 1. The van der Waals surface area contributed by atoms with E-state index in [1.54, 1.807) is 24.5 Å². The summed E-state index contributed by atoms with van der Waals surface area (Å²) in [6, 6.07) is 12.1. The Hall–Kier alpha value is -2.20. The van der Waals surface area contributed by atoms with Crippen molar-refractivity contribution < 1.29 is 9.53 Å². The summed E-state index contributed by atoms with van der Waals surface area (Å²) >= 11 is 0. The molecule has 2 aromatic rings. The number of aromatic nitrogens is 1. The highest BCUT2D eigenvalue weighted by Crippen LogP contribution is 2.34. The number of nitrogens with one attached hydrogen (secondary N) is 1. The van der Waals surface area contributed by atoms with E-state index in [9.17, 15) is 4.79 Å². The van der Waals surface area contributed by atoms with Crippen molar-refractivity contribution in [1.29, 1.82) is 0 Å². The van der Waals surface area contributed by atoms with Crippen molar-refractivity contribution in [3.8, 4) is 0 Å². The summed E-state index contributed by atoms with van der Waals surface area (Å²) < 4.78 is 5.54. The molecule has 1 N–H and O–H groups in total. The molecular formula is C19H22N2O2. The van der Waals surface area contributed by atoms with Gasteiger partial charge in [0.1, 0.15) is 0 Å². The van der Waals surface area contributed by atoms with Gasteiger partial charge in [-0.1, -0.05) is 29.8 Å². The van der Waals surface area contributed by atoms with Crippen molar-refractivity contribution in [2.45, 2.75) is 25.2 Å². The first kappa shape index (κ1) is 15.7. The first-order chi connectivity index (χ1) is 11.2. The molecule has 120 valence electrons. The van der Waals surface area contributed by atoms with Crippen molar-refractivity contribution in [2.24, 2.45) is 0 Å². The minimum atomic E-state index is -0.0506. The van der Waals surface area contributed by atoms with E-state index in [0.717, 1.165) is 26.1 Å².